The Morgan fingerprint density at radius 1 is 1.07 bits per heavy atom. The third kappa shape index (κ3) is 3.62. The van der Waals surface area contributed by atoms with Crippen molar-refractivity contribution >= 4 is 55.9 Å². The summed E-state index contributed by atoms with van der Waals surface area (Å²) in [6.07, 6.45) is 13.2. The van der Waals surface area contributed by atoms with E-state index in [4.69, 9.17) is 0 Å². The number of hydrogen-bond donors (Lipinski definition) is 0. The molecule has 143 valence electrons. The Labute approximate surface area is 197 Å². The minimum atomic E-state index is -1.80. The van der Waals surface area contributed by atoms with Crippen molar-refractivity contribution < 1.29 is 13.1 Å². The zero-order valence-electron chi connectivity index (χ0n) is 16.8. The van der Waals surface area contributed by atoms with Crippen molar-refractivity contribution in [2.75, 3.05) is 0 Å². The third-order valence-corrected chi connectivity index (χ3v) is 20.1. The second-order valence-electron chi connectivity index (χ2n) is 7.88. The molecule has 1 aromatic carbocycles. The minimum absolute atomic E-state index is 0.423. The van der Waals surface area contributed by atoms with Crippen molar-refractivity contribution in [3.63, 3.8) is 0 Å². The number of rotatable bonds is 3. The van der Waals surface area contributed by atoms with E-state index in [2.05, 4.69) is 118 Å². The van der Waals surface area contributed by atoms with Crippen LogP contribution in [0.25, 0.3) is 6.08 Å². The molecule has 0 spiro atoms. The van der Waals surface area contributed by atoms with Gasteiger partial charge < -0.3 is 0 Å². The average molecular weight is 774 g/mol. The predicted molar refractivity (Wildman–Crippen MR) is 139 cm³/mol. The normalized spacial score (nSPS) is 23.1. The van der Waals surface area contributed by atoms with Gasteiger partial charge in [0.1, 0.15) is 0 Å². The van der Waals surface area contributed by atoms with E-state index in [1.807, 2.05) is 0 Å². The first-order valence-electron chi connectivity index (χ1n) is 9.95. The Kier molecular flexibility index (Phi) is 6.80. The molecule has 2 atom stereocenters. The van der Waals surface area contributed by atoms with E-state index in [-0.39, 0.29) is 0 Å². The molecular weight excluding hydrogens is 749 g/mol. The fourth-order valence-electron chi connectivity index (χ4n) is 4.97. The summed E-state index contributed by atoms with van der Waals surface area (Å²) in [5.74, 6) is 0.953. The van der Waals surface area contributed by atoms with E-state index >= 15 is 0 Å². The molecule has 0 heterocycles. The Morgan fingerprint density at radius 3 is 2.50 bits per heavy atom. The molecule has 0 nitrogen and oxygen atoms in total. The summed E-state index contributed by atoms with van der Waals surface area (Å²) in [4.78, 5) is 0. The summed E-state index contributed by atoms with van der Waals surface area (Å²) in [6, 6.07) is 8.99. The molecule has 4 heteroatoms. The molecule has 0 bridgehead atoms. The van der Waals surface area contributed by atoms with Gasteiger partial charge in [0.15, 0.2) is 0 Å². The molecule has 0 aliphatic heterocycles. The molecule has 2 unspecified atom stereocenters. The maximum absolute atomic E-state index is 2.82. The van der Waals surface area contributed by atoms with Crippen LogP contribution < -0.4 is 0 Å². The Hall–Kier alpha value is 0.337. The molecule has 3 aliphatic rings. The fraction of sp³-hybridized carbons (Fsp3) is 0.292. The van der Waals surface area contributed by atoms with E-state index in [1.165, 1.54) is 11.1 Å². The van der Waals surface area contributed by atoms with Gasteiger partial charge in [-0.1, -0.05) is 0 Å². The molecule has 4 rings (SSSR count). The Balaban J connectivity index is 2.00. The number of benzene rings is 1. The average Bonchev–Trinajstić information content (AvgIpc) is 3.17. The van der Waals surface area contributed by atoms with E-state index in [1.54, 1.807) is 30.8 Å². The van der Waals surface area contributed by atoms with Gasteiger partial charge in [0.2, 0.25) is 0 Å². The summed E-state index contributed by atoms with van der Waals surface area (Å²) in [7, 11) is -0.472. The number of hydrogen-bond acceptors (Lipinski definition) is 0. The Morgan fingerprint density at radius 2 is 1.82 bits per heavy atom. The zero-order chi connectivity index (χ0) is 20.0. The zero-order valence-corrected chi connectivity index (χ0v) is 25.7. The van der Waals surface area contributed by atoms with Crippen LogP contribution in [0.15, 0.2) is 74.2 Å². The maximum atomic E-state index is 2.82. The Bertz CT molecular complexity index is 1020. The van der Waals surface area contributed by atoms with Crippen LogP contribution in [0.1, 0.15) is 37.3 Å². The van der Waals surface area contributed by atoms with Gasteiger partial charge in [0.25, 0.3) is 0 Å². The molecule has 0 amide bonds. The molecule has 0 N–H and O–H groups in total. The molecule has 0 saturated carbocycles. The SMILES string of the molecule is CCC1=[C]([Hf]([I])[I])C2=CC=CC(=[Si](C)C)C(C)C2=C1C1C=Cc2ccccc21. The molecule has 0 fully saturated rings. The second kappa shape index (κ2) is 8.83. The van der Waals surface area contributed by atoms with Gasteiger partial charge in [-0.25, -0.2) is 0 Å². The van der Waals surface area contributed by atoms with Crippen molar-refractivity contribution in [3.05, 3.63) is 85.3 Å². The standard InChI is InChI=1S/C24H25Si.Hf.2HI/c1-5-17-15-19-10-8-12-22(25(3)4)16(2)23(19)24(17)21-14-13-18-9-6-7-11-20(18)21;;;/h6-14,16,21H,5H2,1-4H3;;2*1H/q;+2;;/p-2. The van der Waals surface area contributed by atoms with Crippen LogP contribution in [0, 0.1) is 5.92 Å². The molecule has 0 radical (unpaired) electrons. The molecule has 28 heavy (non-hydrogen) atoms. The quantitative estimate of drug-likeness (QED) is 0.218. The van der Waals surface area contributed by atoms with Gasteiger partial charge in [-0.2, -0.15) is 0 Å². The van der Waals surface area contributed by atoms with Crippen molar-refractivity contribution in [1.29, 1.82) is 0 Å². The van der Waals surface area contributed by atoms with E-state index in [0.717, 1.165) is 6.42 Å². The predicted octanol–water partition coefficient (Wildman–Crippen LogP) is 7.73. The van der Waals surface area contributed by atoms with E-state index in [0.29, 0.717) is 11.8 Å². The van der Waals surface area contributed by atoms with Crippen LogP contribution in [0.3, 0.4) is 0 Å². The second-order valence-corrected chi connectivity index (χ2v) is 48.7. The molecule has 1 aromatic rings. The van der Waals surface area contributed by atoms with E-state index in [9.17, 15) is 0 Å². The van der Waals surface area contributed by atoms with Gasteiger partial charge in [0.05, 0.1) is 0 Å². The van der Waals surface area contributed by atoms with Crippen LogP contribution in [-0.4, -0.2) is 13.6 Å². The number of fused-ring (bicyclic) bond motifs is 2. The first-order chi connectivity index (χ1) is 13.5. The van der Waals surface area contributed by atoms with Crippen molar-refractivity contribution in [2.24, 2.45) is 5.92 Å². The van der Waals surface area contributed by atoms with Crippen LogP contribution in [0.4, 0.5) is 0 Å². The van der Waals surface area contributed by atoms with Gasteiger partial charge in [0, 0.05) is 0 Å². The summed E-state index contributed by atoms with van der Waals surface area (Å²) in [5, 5.41) is 1.67. The van der Waals surface area contributed by atoms with Crippen LogP contribution >= 0.6 is 36.3 Å². The molecule has 3 aliphatic carbocycles. The van der Waals surface area contributed by atoms with Crippen LogP contribution in [0.5, 0.6) is 0 Å². The summed E-state index contributed by atoms with van der Waals surface area (Å²) < 4.78 is 1.77. The molecular formula is C24H25HfI2Si. The molecule has 0 saturated heterocycles. The summed E-state index contributed by atoms with van der Waals surface area (Å²) >= 11 is 3.84. The fourth-order valence-corrected chi connectivity index (χ4v) is 19.9. The van der Waals surface area contributed by atoms with Crippen LogP contribution in [-0.2, 0) is 13.1 Å². The van der Waals surface area contributed by atoms with Crippen molar-refractivity contribution in [2.45, 2.75) is 39.3 Å². The molecule has 0 aromatic heterocycles. The first kappa shape index (κ1) is 21.6. The topological polar surface area (TPSA) is 0 Å². The van der Waals surface area contributed by atoms with Gasteiger partial charge in [-0.15, -0.1) is 0 Å². The number of halogens is 2. The van der Waals surface area contributed by atoms with Crippen molar-refractivity contribution in [3.8, 4) is 0 Å². The van der Waals surface area contributed by atoms with Gasteiger partial charge in [-0.3, -0.25) is 0 Å². The van der Waals surface area contributed by atoms with Crippen molar-refractivity contribution in [1.82, 2.24) is 0 Å². The third-order valence-electron chi connectivity index (χ3n) is 6.14. The number of allylic oxidation sites excluding steroid dienone is 9. The summed E-state index contributed by atoms with van der Waals surface area (Å²) in [6.45, 7) is 9.73. The van der Waals surface area contributed by atoms with Gasteiger partial charge in [-0.05, 0) is 0 Å². The monoisotopic (exact) mass is 775 g/mol. The van der Waals surface area contributed by atoms with Crippen LogP contribution in [0.2, 0.25) is 13.1 Å². The van der Waals surface area contributed by atoms with Gasteiger partial charge >= 0.3 is 200 Å². The summed E-state index contributed by atoms with van der Waals surface area (Å²) in [5.41, 5.74) is 9.48. The first-order valence-corrected chi connectivity index (χ1v) is 34.6. The van der Waals surface area contributed by atoms with E-state index < -0.39 is 21.5 Å².